The van der Waals surface area contributed by atoms with Crippen LogP contribution in [0.3, 0.4) is 0 Å². The van der Waals surface area contributed by atoms with Gasteiger partial charge in [0.15, 0.2) is 5.96 Å². The molecule has 0 saturated carbocycles. The van der Waals surface area contributed by atoms with Gasteiger partial charge in [0.25, 0.3) is 0 Å². The van der Waals surface area contributed by atoms with E-state index in [1.165, 1.54) is 0 Å². The molecule has 2 rings (SSSR count). The molecule has 5 nitrogen and oxygen atoms in total. The number of aromatic nitrogens is 1. The Balaban J connectivity index is 0.00000242. The average molecular weight is 452 g/mol. The van der Waals surface area contributed by atoms with Crippen molar-refractivity contribution in [2.45, 2.75) is 17.2 Å². The van der Waals surface area contributed by atoms with Crippen molar-refractivity contribution in [3.05, 3.63) is 35.7 Å². The first-order valence-electron chi connectivity index (χ1n) is 6.87. The van der Waals surface area contributed by atoms with E-state index < -0.39 is 0 Å². The first-order chi connectivity index (χ1) is 10.4. The third kappa shape index (κ3) is 7.50. The van der Waals surface area contributed by atoms with Crippen LogP contribution >= 0.6 is 47.1 Å². The number of thioether (sulfide) groups is 1. The molecule has 0 spiro atoms. The zero-order valence-electron chi connectivity index (χ0n) is 12.4. The van der Waals surface area contributed by atoms with Crippen molar-refractivity contribution in [1.29, 1.82) is 0 Å². The van der Waals surface area contributed by atoms with Gasteiger partial charge >= 0.3 is 0 Å². The molecule has 0 amide bonds. The van der Waals surface area contributed by atoms with E-state index in [2.05, 4.69) is 20.6 Å². The van der Waals surface area contributed by atoms with Crippen LogP contribution in [0.25, 0.3) is 0 Å². The van der Waals surface area contributed by atoms with Gasteiger partial charge < -0.3 is 15.1 Å². The number of furan rings is 1. The van der Waals surface area contributed by atoms with E-state index in [1.807, 2.05) is 23.7 Å². The van der Waals surface area contributed by atoms with Crippen LogP contribution in [-0.4, -0.2) is 36.8 Å². The smallest absolute Gasteiger partial charge is 0.190 e. The highest BCUT2D eigenvalue weighted by molar-refractivity contribution is 14.0. The molecule has 0 unspecified atom stereocenters. The predicted octanol–water partition coefficient (Wildman–Crippen LogP) is 3.24. The molecule has 0 aliphatic carbocycles. The SMILES string of the molecule is CN=C(NCCCSc1nccs1)NCCc1ccco1.I. The van der Waals surface area contributed by atoms with Crippen LogP contribution in [0, 0.1) is 0 Å². The molecule has 0 bridgehead atoms. The molecule has 122 valence electrons. The van der Waals surface area contributed by atoms with Gasteiger partial charge in [-0.25, -0.2) is 4.98 Å². The lowest BCUT2D eigenvalue weighted by Gasteiger charge is -2.10. The van der Waals surface area contributed by atoms with E-state index in [9.17, 15) is 0 Å². The maximum Gasteiger partial charge on any atom is 0.190 e. The summed E-state index contributed by atoms with van der Waals surface area (Å²) in [6.45, 7) is 1.71. The van der Waals surface area contributed by atoms with Crippen LogP contribution in [0.2, 0.25) is 0 Å². The highest BCUT2D eigenvalue weighted by Gasteiger charge is 2.00. The van der Waals surface area contributed by atoms with E-state index in [0.29, 0.717) is 0 Å². The summed E-state index contributed by atoms with van der Waals surface area (Å²) in [7, 11) is 1.78. The number of thiazole rings is 1. The number of rotatable bonds is 8. The van der Waals surface area contributed by atoms with Gasteiger partial charge in [-0.3, -0.25) is 4.99 Å². The molecule has 2 aromatic rings. The van der Waals surface area contributed by atoms with Crippen LogP contribution in [0.15, 0.2) is 43.7 Å². The third-order valence-electron chi connectivity index (χ3n) is 2.72. The monoisotopic (exact) mass is 452 g/mol. The molecular formula is C14H21IN4OS2. The normalized spacial score (nSPS) is 11.0. The fourth-order valence-electron chi connectivity index (χ4n) is 1.70. The number of nitrogens with one attached hydrogen (secondary N) is 2. The van der Waals surface area contributed by atoms with Gasteiger partial charge in [0.05, 0.1) is 6.26 Å². The largest absolute Gasteiger partial charge is 0.469 e. The summed E-state index contributed by atoms with van der Waals surface area (Å²) in [5.41, 5.74) is 0. The van der Waals surface area contributed by atoms with E-state index in [4.69, 9.17) is 4.42 Å². The third-order valence-corrected chi connectivity index (χ3v) is 4.77. The van der Waals surface area contributed by atoms with Gasteiger partial charge in [0, 0.05) is 43.9 Å². The number of aliphatic imine (C=N–C) groups is 1. The Kier molecular flexibility index (Phi) is 10.3. The highest BCUT2D eigenvalue weighted by Crippen LogP contribution is 2.20. The lowest BCUT2D eigenvalue weighted by Crippen LogP contribution is -2.38. The lowest BCUT2D eigenvalue weighted by atomic mass is 10.3. The molecule has 0 atom stereocenters. The van der Waals surface area contributed by atoms with Gasteiger partial charge in [-0.15, -0.1) is 35.3 Å². The number of nitrogens with zero attached hydrogens (tertiary/aromatic N) is 2. The maximum absolute atomic E-state index is 5.29. The molecule has 0 aromatic carbocycles. The minimum absolute atomic E-state index is 0. The van der Waals surface area contributed by atoms with E-state index >= 15 is 0 Å². The van der Waals surface area contributed by atoms with Gasteiger partial charge in [0.1, 0.15) is 10.1 Å². The summed E-state index contributed by atoms with van der Waals surface area (Å²) in [5, 5.41) is 8.59. The van der Waals surface area contributed by atoms with Crippen LogP contribution < -0.4 is 10.6 Å². The van der Waals surface area contributed by atoms with Gasteiger partial charge in [0.2, 0.25) is 0 Å². The zero-order chi connectivity index (χ0) is 14.8. The van der Waals surface area contributed by atoms with Crippen molar-refractivity contribution >= 4 is 53.0 Å². The Morgan fingerprint density at radius 3 is 2.95 bits per heavy atom. The molecule has 2 aromatic heterocycles. The van der Waals surface area contributed by atoms with Crippen LogP contribution in [0.1, 0.15) is 12.2 Å². The summed E-state index contributed by atoms with van der Waals surface area (Å²) in [6, 6.07) is 3.89. The topological polar surface area (TPSA) is 62.5 Å². The van der Waals surface area contributed by atoms with Gasteiger partial charge in [-0.1, -0.05) is 11.8 Å². The van der Waals surface area contributed by atoms with Crippen molar-refractivity contribution in [3.63, 3.8) is 0 Å². The maximum atomic E-state index is 5.29. The summed E-state index contributed by atoms with van der Waals surface area (Å²) < 4.78 is 6.42. The fourth-order valence-corrected chi connectivity index (χ4v) is 3.35. The van der Waals surface area contributed by atoms with Crippen molar-refractivity contribution in [3.8, 4) is 0 Å². The van der Waals surface area contributed by atoms with E-state index in [1.54, 1.807) is 36.4 Å². The molecule has 0 radical (unpaired) electrons. The minimum atomic E-state index is 0. The molecule has 0 fully saturated rings. The van der Waals surface area contributed by atoms with E-state index in [0.717, 1.165) is 47.7 Å². The quantitative estimate of drug-likeness (QED) is 0.212. The Morgan fingerprint density at radius 1 is 1.41 bits per heavy atom. The lowest BCUT2D eigenvalue weighted by molar-refractivity contribution is 0.507. The van der Waals surface area contributed by atoms with Crippen LogP contribution in [-0.2, 0) is 6.42 Å². The summed E-state index contributed by atoms with van der Waals surface area (Å²) in [4.78, 5) is 8.45. The molecule has 22 heavy (non-hydrogen) atoms. The summed E-state index contributed by atoms with van der Waals surface area (Å²) in [5.74, 6) is 2.88. The Labute approximate surface area is 156 Å². The van der Waals surface area contributed by atoms with Crippen LogP contribution in [0.4, 0.5) is 0 Å². The van der Waals surface area contributed by atoms with Gasteiger partial charge in [-0.2, -0.15) is 0 Å². The van der Waals surface area contributed by atoms with E-state index in [-0.39, 0.29) is 24.0 Å². The second-order valence-corrected chi connectivity index (χ2v) is 6.49. The zero-order valence-corrected chi connectivity index (χ0v) is 16.4. The fraction of sp³-hybridized carbons (Fsp3) is 0.429. The molecule has 0 aliphatic rings. The number of hydrogen-bond acceptors (Lipinski definition) is 5. The molecule has 2 N–H and O–H groups in total. The standard InChI is InChI=1S/C14H20N4OS2.HI/c1-15-13(17-7-5-12-4-2-9-19-12)16-6-3-10-20-14-18-8-11-21-14;/h2,4,8-9,11H,3,5-7,10H2,1H3,(H2,15,16,17);1H. The summed E-state index contributed by atoms with van der Waals surface area (Å²) >= 11 is 3.49. The second-order valence-electron chi connectivity index (χ2n) is 4.26. The second kappa shape index (κ2) is 11.8. The van der Waals surface area contributed by atoms with Crippen molar-refractivity contribution in [2.75, 3.05) is 25.9 Å². The first-order valence-corrected chi connectivity index (χ1v) is 8.74. The molecular weight excluding hydrogens is 431 g/mol. The van der Waals surface area contributed by atoms with Gasteiger partial charge in [-0.05, 0) is 18.6 Å². The van der Waals surface area contributed by atoms with Crippen molar-refractivity contribution in [2.24, 2.45) is 4.99 Å². The van der Waals surface area contributed by atoms with Crippen molar-refractivity contribution in [1.82, 2.24) is 15.6 Å². The molecule has 0 aliphatic heterocycles. The number of guanidine groups is 1. The molecule has 0 saturated heterocycles. The summed E-state index contributed by atoms with van der Waals surface area (Å²) in [6.07, 6.45) is 5.47. The molecule has 2 heterocycles. The number of halogens is 1. The highest BCUT2D eigenvalue weighted by atomic mass is 127. The van der Waals surface area contributed by atoms with Crippen LogP contribution in [0.5, 0.6) is 0 Å². The average Bonchev–Trinajstić information content (AvgIpc) is 3.18. The van der Waals surface area contributed by atoms with Crippen molar-refractivity contribution < 1.29 is 4.42 Å². The minimum Gasteiger partial charge on any atom is -0.469 e. The number of hydrogen-bond donors (Lipinski definition) is 2. The first kappa shape index (κ1) is 19.3. The molecule has 8 heteroatoms. The Morgan fingerprint density at radius 2 is 2.27 bits per heavy atom. The Bertz CT molecular complexity index is 517. The Hall–Kier alpha value is -0.740. The predicted molar refractivity (Wildman–Crippen MR) is 105 cm³/mol.